The lowest BCUT2D eigenvalue weighted by Gasteiger charge is -2.02. The van der Waals surface area contributed by atoms with Gasteiger partial charge in [0.25, 0.3) is 15.8 Å². The zero-order valence-electron chi connectivity index (χ0n) is 8.88. The van der Waals surface area contributed by atoms with Crippen LogP contribution in [0.1, 0.15) is 0 Å². The summed E-state index contributed by atoms with van der Waals surface area (Å²) in [5, 5.41) is 10.5. The van der Waals surface area contributed by atoms with Crippen LogP contribution in [-0.2, 0) is 20.0 Å². The maximum atomic E-state index is 11.7. The van der Waals surface area contributed by atoms with Crippen LogP contribution in [0.5, 0.6) is 0 Å². The number of sulfone groups is 1. The number of hydrogen-bond donors (Lipinski definition) is 1. The summed E-state index contributed by atoms with van der Waals surface area (Å²) in [6.07, 6.45) is 0. The maximum absolute atomic E-state index is 11.7. The van der Waals surface area contributed by atoms with Crippen molar-refractivity contribution in [1.29, 1.82) is 0 Å². The minimum absolute atomic E-state index is 0.361. The molecular formula is C8H9NO7S2. The molecule has 0 heterocycles. The van der Waals surface area contributed by atoms with E-state index in [1.165, 1.54) is 6.07 Å². The Kier molecular flexibility index (Phi) is 4.04. The molecule has 1 aromatic rings. The molecule has 0 aliphatic carbocycles. The Bertz CT molecular complexity index is 662. The van der Waals surface area contributed by atoms with Gasteiger partial charge in [0.1, 0.15) is 0 Å². The molecule has 0 aliphatic heterocycles. The van der Waals surface area contributed by atoms with Gasteiger partial charge in [0, 0.05) is 12.1 Å². The molecule has 0 unspecified atom stereocenters. The van der Waals surface area contributed by atoms with Gasteiger partial charge in [-0.05, 0) is 6.07 Å². The third-order valence-electron chi connectivity index (χ3n) is 2.00. The number of nitrogens with zero attached hydrogens (tertiary/aromatic N) is 1. The van der Waals surface area contributed by atoms with Crippen molar-refractivity contribution in [3.05, 3.63) is 34.4 Å². The van der Waals surface area contributed by atoms with Gasteiger partial charge in [-0.25, -0.2) is 8.42 Å². The molecule has 1 aromatic carbocycles. The molecule has 1 rings (SSSR count). The standard InChI is InChI=1S/C8H9NO7S2/c10-9(11)7-2-1-3-8(6-7)17(12,13)4-5-18(14,15)16/h1-3,6H,4-5H2,(H,14,15,16). The van der Waals surface area contributed by atoms with Gasteiger partial charge in [-0.1, -0.05) is 6.07 Å². The van der Waals surface area contributed by atoms with E-state index in [1.54, 1.807) is 0 Å². The van der Waals surface area contributed by atoms with Crippen LogP contribution >= 0.6 is 0 Å². The van der Waals surface area contributed by atoms with Crippen molar-refractivity contribution in [3.63, 3.8) is 0 Å². The summed E-state index contributed by atoms with van der Waals surface area (Å²) in [5.74, 6) is -1.80. The zero-order valence-corrected chi connectivity index (χ0v) is 10.5. The SMILES string of the molecule is O=[N+]([O-])c1cccc(S(=O)(=O)CCS(=O)(=O)O)c1. The van der Waals surface area contributed by atoms with Crippen LogP contribution in [0.15, 0.2) is 29.2 Å². The number of benzene rings is 1. The van der Waals surface area contributed by atoms with Crippen molar-refractivity contribution in [3.8, 4) is 0 Å². The Morgan fingerprint density at radius 2 is 1.78 bits per heavy atom. The Morgan fingerprint density at radius 3 is 2.28 bits per heavy atom. The fraction of sp³-hybridized carbons (Fsp3) is 0.250. The molecule has 0 saturated heterocycles. The van der Waals surface area contributed by atoms with Crippen LogP contribution in [0.3, 0.4) is 0 Å². The third-order valence-corrected chi connectivity index (χ3v) is 4.69. The average molecular weight is 295 g/mol. The van der Waals surface area contributed by atoms with Crippen LogP contribution in [0.2, 0.25) is 0 Å². The largest absolute Gasteiger partial charge is 0.286 e. The van der Waals surface area contributed by atoms with E-state index in [1.807, 2.05) is 0 Å². The molecule has 0 atom stereocenters. The molecule has 0 aliphatic rings. The second kappa shape index (κ2) is 5.00. The minimum atomic E-state index is -4.40. The molecule has 0 aromatic heterocycles. The summed E-state index contributed by atoms with van der Waals surface area (Å²) in [5.41, 5.74) is -0.414. The van der Waals surface area contributed by atoms with E-state index in [0.29, 0.717) is 0 Å². The van der Waals surface area contributed by atoms with Crippen molar-refractivity contribution >= 4 is 25.6 Å². The monoisotopic (exact) mass is 295 g/mol. The highest BCUT2D eigenvalue weighted by Gasteiger charge is 2.20. The van der Waals surface area contributed by atoms with Crippen LogP contribution in [-0.4, -0.2) is 37.8 Å². The first-order chi connectivity index (χ1) is 8.12. The molecule has 1 N–H and O–H groups in total. The molecule has 10 heteroatoms. The molecule has 8 nitrogen and oxygen atoms in total. The highest BCUT2D eigenvalue weighted by molar-refractivity contribution is 7.93. The van der Waals surface area contributed by atoms with E-state index < -0.39 is 42.1 Å². The summed E-state index contributed by atoms with van der Waals surface area (Å²) in [6, 6.07) is 4.24. The molecule has 0 spiro atoms. The van der Waals surface area contributed by atoms with E-state index in [-0.39, 0.29) is 4.90 Å². The summed E-state index contributed by atoms with van der Waals surface area (Å²) in [6.45, 7) is 0. The second-order valence-electron chi connectivity index (χ2n) is 3.36. The summed E-state index contributed by atoms with van der Waals surface area (Å²) in [7, 11) is -8.40. The normalized spacial score (nSPS) is 12.3. The Balaban J connectivity index is 3.06. The Labute approximate surface area is 103 Å². The number of non-ortho nitro benzene ring substituents is 1. The quantitative estimate of drug-likeness (QED) is 0.468. The lowest BCUT2D eigenvalue weighted by Crippen LogP contribution is -2.16. The number of nitro groups is 1. The first-order valence-corrected chi connectivity index (χ1v) is 7.80. The van der Waals surface area contributed by atoms with E-state index in [4.69, 9.17) is 4.55 Å². The van der Waals surface area contributed by atoms with Gasteiger partial charge in [0.05, 0.1) is 21.3 Å². The van der Waals surface area contributed by atoms with E-state index in [0.717, 1.165) is 18.2 Å². The van der Waals surface area contributed by atoms with Crippen LogP contribution in [0.25, 0.3) is 0 Å². The molecule has 18 heavy (non-hydrogen) atoms. The van der Waals surface area contributed by atoms with Crippen molar-refractivity contribution in [1.82, 2.24) is 0 Å². The van der Waals surface area contributed by atoms with E-state index in [9.17, 15) is 26.9 Å². The fourth-order valence-electron chi connectivity index (χ4n) is 1.12. The average Bonchev–Trinajstić information content (AvgIpc) is 2.26. The van der Waals surface area contributed by atoms with Gasteiger partial charge in [-0.2, -0.15) is 8.42 Å². The van der Waals surface area contributed by atoms with Crippen LogP contribution < -0.4 is 0 Å². The van der Waals surface area contributed by atoms with Crippen molar-refractivity contribution in [2.24, 2.45) is 0 Å². The molecule has 0 bridgehead atoms. The predicted molar refractivity (Wildman–Crippen MR) is 61.6 cm³/mol. The van der Waals surface area contributed by atoms with Gasteiger partial charge in [-0.15, -0.1) is 0 Å². The maximum Gasteiger partial charge on any atom is 0.270 e. The first kappa shape index (κ1) is 14.5. The zero-order chi connectivity index (χ0) is 14.0. The van der Waals surface area contributed by atoms with Crippen LogP contribution in [0.4, 0.5) is 5.69 Å². The Morgan fingerprint density at radius 1 is 1.17 bits per heavy atom. The van der Waals surface area contributed by atoms with Gasteiger partial charge >= 0.3 is 0 Å². The highest BCUT2D eigenvalue weighted by atomic mass is 32.2. The van der Waals surface area contributed by atoms with Gasteiger partial charge in [-0.3, -0.25) is 14.7 Å². The predicted octanol–water partition coefficient (Wildman–Crippen LogP) is 0.256. The fourth-order valence-corrected chi connectivity index (χ4v) is 3.67. The first-order valence-electron chi connectivity index (χ1n) is 4.54. The molecule has 0 amide bonds. The topological polar surface area (TPSA) is 132 Å². The molecule has 0 radical (unpaired) electrons. The molecule has 0 fully saturated rings. The summed E-state index contributed by atoms with van der Waals surface area (Å²) >= 11 is 0. The van der Waals surface area contributed by atoms with Crippen molar-refractivity contribution in [2.45, 2.75) is 4.90 Å². The van der Waals surface area contributed by atoms with Crippen molar-refractivity contribution < 1.29 is 26.3 Å². The second-order valence-corrected chi connectivity index (χ2v) is 7.04. The van der Waals surface area contributed by atoms with E-state index in [2.05, 4.69) is 0 Å². The molecule has 100 valence electrons. The third kappa shape index (κ3) is 4.05. The number of rotatable bonds is 5. The van der Waals surface area contributed by atoms with Gasteiger partial charge < -0.3 is 0 Å². The lowest BCUT2D eigenvalue weighted by molar-refractivity contribution is -0.385. The van der Waals surface area contributed by atoms with Gasteiger partial charge in [0.2, 0.25) is 0 Å². The minimum Gasteiger partial charge on any atom is -0.286 e. The number of nitro benzene ring substituents is 1. The summed E-state index contributed by atoms with van der Waals surface area (Å²) < 4.78 is 52.7. The Hall–Kier alpha value is -1.52. The van der Waals surface area contributed by atoms with E-state index >= 15 is 0 Å². The molecule has 0 saturated carbocycles. The smallest absolute Gasteiger partial charge is 0.270 e. The highest BCUT2D eigenvalue weighted by Crippen LogP contribution is 2.18. The van der Waals surface area contributed by atoms with Crippen molar-refractivity contribution in [2.75, 3.05) is 11.5 Å². The molecular weight excluding hydrogens is 286 g/mol. The number of hydrogen-bond acceptors (Lipinski definition) is 6. The lowest BCUT2D eigenvalue weighted by atomic mass is 10.3. The van der Waals surface area contributed by atoms with Crippen LogP contribution in [0, 0.1) is 10.1 Å². The van der Waals surface area contributed by atoms with Gasteiger partial charge in [0.15, 0.2) is 9.84 Å². The summed E-state index contributed by atoms with van der Waals surface area (Å²) in [4.78, 5) is 9.35.